The van der Waals surface area contributed by atoms with E-state index in [4.69, 9.17) is 10.5 Å². The smallest absolute Gasteiger partial charge is 0.417 e. The van der Waals surface area contributed by atoms with E-state index in [2.05, 4.69) is 10.6 Å². The normalized spacial score (nSPS) is 14.0. The van der Waals surface area contributed by atoms with Crippen LogP contribution >= 0.6 is 0 Å². The number of carbonyl (C=O) groups is 6. The summed E-state index contributed by atoms with van der Waals surface area (Å²) in [5.74, 6) is -3.12. The molecule has 0 unspecified atom stereocenters. The topological polar surface area (TPSA) is 248 Å². The van der Waals surface area contributed by atoms with E-state index in [1.807, 2.05) is 18.2 Å². The number of nitro benzene ring substituents is 1. The van der Waals surface area contributed by atoms with E-state index < -0.39 is 63.2 Å². The fraction of sp³-hybridized carbons (Fsp3) is 0.288. The van der Waals surface area contributed by atoms with Gasteiger partial charge in [0.25, 0.3) is 29.3 Å². The van der Waals surface area contributed by atoms with E-state index in [1.165, 1.54) is 81.0 Å². The summed E-state index contributed by atoms with van der Waals surface area (Å²) in [6.45, 7) is 2.32. The number of piperazine rings is 2. The molecule has 3 saturated heterocycles. The first-order valence-electron chi connectivity index (χ1n) is 25.6. The molecule has 9 rings (SSSR count). The third-order valence-electron chi connectivity index (χ3n) is 13.3. The maximum Gasteiger partial charge on any atom is 0.417 e. The van der Waals surface area contributed by atoms with Crippen LogP contribution in [0.5, 0.6) is 0 Å². The second kappa shape index (κ2) is 29.5. The van der Waals surface area contributed by atoms with Gasteiger partial charge in [-0.05, 0) is 95.8 Å². The summed E-state index contributed by atoms with van der Waals surface area (Å²) in [5.41, 5.74) is 7.34. The van der Waals surface area contributed by atoms with E-state index in [9.17, 15) is 65.2 Å². The third-order valence-corrected chi connectivity index (χ3v) is 13.3. The van der Waals surface area contributed by atoms with Crippen molar-refractivity contribution in [2.45, 2.75) is 32.6 Å². The largest absolute Gasteiger partial charge is 0.870 e. The Morgan fingerprint density at radius 1 is 0.506 bits per heavy atom. The molecule has 6 amide bonds. The van der Waals surface area contributed by atoms with Gasteiger partial charge in [-0.3, -0.25) is 38.9 Å². The lowest BCUT2D eigenvalue weighted by Crippen LogP contribution is -2.52. The molecule has 0 aromatic heterocycles. The Bertz CT molecular complexity index is 3210. The fourth-order valence-electron chi connectivity index (χ4n) is 8.89. The van der Waals surface area contributed by atoms with Gasteiger partial charge in [0.05, 0.1) is 40.3 Å². The number of carbonyl (C=O) groups excluding carboxylic acids is 6. The van der Waals surface area contributed by atoms with Crippen molar-refractivity contribution in [3.05, 3.63) is 189 Å². The summed E-state index contributed by atoms with van der Waals surface area (Å²) in [7, 11) is 0. The number of alkyl halides is 6. The summed E-state index contributed by atoms with van der Waals surface area (Å²) in [5, 5.41) is 16.1. The lowest BCUT2D eigenvalue weighted by Gasteiger charge is -2.35. The second-order valence-electron chi connectivity index (χ2n) is 18.7. The van der Waals surface area contributed by atoms with Gasteiger partial charge in [-0.2, -0.15) is 26.3 Å². The van der Waals surface area contributed by atoms with Gasteiger partial charge in [0.1, 0.15) is 0 Å². The molecule has 6 aromatic carbocycles. The summed E-state index contributed by atoms with van der Waals surface area (Å²) >= 11 is 0. The number of nitrogens with one attached hydrogen (secondary N) is 2. The van der Waals surface area contributed by atoms with Gasteiger partial charge >= 0.3 is 12.4 Å². The average Bonchev–Trinajstić information content (AvgIpc) is 4.13. The third kappa shape index (κ3) is 17.7. The van der Waals surface area contributed by atoms with Gasteiger partial charge in [0.2, 0.25) is 11.8 Å². The molecule has 3 heterocycles. The highest BCUT2D eigenvalue weighted by molar-refractivity contribution is 5.99. The highest BCUT2D eigenvalue weighted by atomic mass is 19.4. The molecular formula is C59H61F6N8O10-. The van der Waals surface area contributed by atoms with Crippen molar-refractivity contribution in [1.82, 2.24) is 30.2 Å². The Hall–Kier alpha value is -9.16. The number of hydrogen-bond acceptors (Lipinski definition) is 11. The van der Waals surface area contributed by atoms with Gasteiger partial charge < -0.3 is 46.2 Å². The molecule has 6 aromatic rings. The predicted molar refractivity (Wildman–Crippen MR) is 296 cm³/mol. The zero-order valence-electron chi connectivity index (χ0n) is 44.0. The monoisotopic (exact) mass is 1160 g/mol. The van der Waals surface area contributed by atoms with E-state index in [1.54, 1.807) is 54.6 Å². The zero-order valence-corrected chi connectivity index (χ0v) is 44.0. The van der Waals surface area contributed by atoms with Crippen LogP contribution in [0.3, 0.4) is 0 Å². The Morgan fingerprint density at radius 2 is 0.880 bits per heavy atom. The van der Waals surface area contributed by atoms with E-state index in [0.717, 1.165) is 48.6 Å². The minimum absolute atomic E-state index is 0. The van der Waals surface area contributed by atoms with Gasteiger partial charge in [-0.15, -0.1) is 0 Å². The van der Waals surface area contributed by atoms with Crippen molar-refractivity contribution >= 4 is 46.8 Å². The van der Waals surface area contributed by atoms with Crippen LogP contribution in [0.25, 0.3) is 22.3 Å². The Balaban J connectivity index is 0.000000274. The lowest BCUT2D eigenvalue weighted by atomic mass is 10.0. The average molecular weight is 1160 g/mol. The van der Waals surface area contributed by atoms with Crippen molar-refractivity contribution in [2.75, 3.05) is 84.4 Å². The number of rotatable bonds is 11. The zero-order chi connectivity index (χ0) is 58.3. The van der Waals surface area contributed by atoms with E-state index in [0.29, 0.717) is 22.4 Å². The lowest BCUT2D eigenvalue weighted by molar-refractivity contribution is -0.384. The number of anilines is 1. The Labute approximate surface area is 474 Å². The number of benzene rings is 6. The first-order chi connectivity index (χ1) is 38.7. The first kappa shape index (κ1) is 64.7. The van der Waals surface area contributed by atoms with Crippen molar-refractivity contribution < 1.29 is 70.2 Å². The number of nitrogen functional groups attached to an aromatic ring is 1. The molecule has 5 N–H and O–H groups in total. The molecule has 0 spiro atoms. The molecule has 3 fully saturated rings. The predicted octanol–water partition coefficient (Wildman–Crippen LogP) is 8.92. The van der Waals surface area contributed by atoms with E-state index >= 15 is 0 Å². The van der Waals surface area contributed by atoms with Crippen LogP contribution in [0.15, 0.2) is 146 Å². The number of nitrogens with two attached hydrogens (primary N) is 1. The van der Waals surface area contributed by atoms with Crippen LogP contribution in [-0.4, -0.2) is 144 Å². The van der Waals surface area contributed by atoms with Gasteiger partial charge in [0, 0.05) is 94.5 Å². The van der Waals surface area contributed by atoms with Crippen molar-refractivity contribution in [2.24, 2.45) is 0 Å². The molecule has 3 aliphatic rings. The van der Waals surface area contributed by atoms with Crippen molar-refractivity contribution in [3.8, 4) is 22.3 Å². The summed E-state index contributed by atoms with van der Waals surface area (Å²) in [6, 6.07) is 35.9. The maximum absolute atomic E-state index is 13.3. The number of halogens is 6. The molecule has 3 aliphatic heterocycles. The van der Waals surface area contributed by atoms with Crippen LogP contribution in [0, 0.1) is 10.1 Å². The number of hydrogen-bond donors (Lipinski definition) is 3. The molecule has 0 saturated carbocycles. The molecule has 0 aliphatic carbocycles. The number of non-ortho nitro benzene ring substituents is 1. The Morgan fingerprint density at radius 3 is 1.24 bits per heavy atom. The number of nitrogens with zero attached hydrogens (tertiary/aromatic N) is 5. The molecule has 440 valence electrons. The summed E-state index contributed by atoms with van der Waals surface area (Å²) in [6.07, 6.45) is -6.75. The number of ether oxygens (including phenoxy) is 1. The van der Waals surface area contributed by atoms with Crippen LogP contribution in [0.1, 0.15) is 72.8 Å². The van der Waals surface area contributed by atoms with Crippen LogP contribution in [-0.2, 0) is 26.7 Å². The number of nitro groups is 1. The summed E-state index contributed by atoms with van der Waals surface area (Å²) in [4.78, 5) is 91.6. The maximum atomic E-state index is 13.3. The molecule has 0 atom stereocenters. The molecule has 83 heavy (non-hydrogen) atoms. The molecule has 18 nitrogen and oxygen atoms in total. The van der Waals surface area contributed by atoms with E-state index in [-0.39, 0.29) is 101 Å². The van der Waals surface area contributed by atoms with Crippen LogP contribution in [0.2, 0.25) is 0 Å². The number of amides is 6. The summed E-state index contributed by atoms with van der Waals surface area (Å²) < 4.78 is 84.6. The van der Waals surface area contributed by atoms with Gasteiger partial charge in [-0.25, -0.2) is 0 Å². The highest BCUT2D eigenvalue weighted by Gasteiger charge is 2.38. The standard InChI is InChI=1S/C27H23F3N4O5.C27H25F3N4O3.C4H8O.CH4.H2O/c28-27(29,30)23-7-2-1-6-22(23)26(37)33-14-12-32(13-15-33)24(35)17-31-25(36)19-10-8-18(9-11-19)20-4-3-5-21(16-20)34(38)39;28-27(29,30)23-7-2-1-6-22(23)26(37)34-14-12-33(13-15-34)24(35)17-32-25(36)19-10-8-18(9-11-19)20-4-3-5-21(31)16-20;1-2-4-5-3-1;;/h1-11,16H,12-15,17H2,(H,31,36);1-11,16H,12-15,17,31H2,(H,32,36);1-4H2;1H4;1H2/p-1. The highest BCUT2D eigenvalue weighted by Crippen LogP contribution is 2.34. The second-order valence-corrected chi connectivity index (χ2v) is 18.7. The van der Waals surface area contributed by atoms with Crippen LogP contribution < -0.4 is 16.4 Å². The molecular weight excluding hydrogens is 1090 g/mol. The molecule has 0 radical (unpaired) electrons. The van der Waals surface area contributed by atoms with Gasteiger partial charge in [-0.1, -0.05) is 80.2 Å². The van der Waals surface area contributed by atoms with Crippen molar-refractivity contribution in [3.63, 3.8) is 0 Å². The first-order valence-corrected chi connectivity index (χ1v) is 25.6. The SMILES string of the molecule is C.C1CCOC1.Nc1cccc(-c2ccc(C(=O)NCC(=O)N3CCN(C(=O)c4ccccc4C(F)(F)F)CC3)cc2)c1.O=C(NCC(=O)N1CCN(C(=O)c2ccccc2C(F)(F)F)CC1)c1ccc(-c2cccc([N+](=O)[O-])c2)cc1.[OH-]. The van der Waals surface area contributed by atoms with Gasteiger partial charge in [0.15, 0.2) is 0 Å². The van der Waals surface area contributed by atoms with Crippen molar-refractivity contribution in [1.29, 1.82) is 0 Å². The Kier molecular flexibility index (Phi) is 23.0. The minimum atomic E-state index is -4.66. The van der Waals surface area contributed by atoms with Crippen LogP contribution in [0.4, 0.5) is 37.7 Å². The quantitative estimate of drug-likeness (QED) is 0.0478. The minimum Gasteiger partial charge on any atom is -0.870 e. The molecule has 0 bridgehead atoms. The molecule has 24 heteroatoms. The fourth-order valence-corrected chi connectivity index (χ4v) is 8.89.